The summed E-state index contributed by atoms with van der Waals surface area (Å²) in [5, 5.41) is 13.2. The molecule has 0 radical (unpaired) electrons. The number of aromatic nitrogens is 1. The smallest absolute Gasteiger partial charge is 0.268 e. The second kappa shape index (κ2) is 9.82. The van der Waals surface area contributed by atoms with Gasteiger partial charge in [-0.3, -0.25) is 10.1 Å². The molecule has 33 heavy (non-hydrogen) atoms. The molecule has 2 aromatic carbocycles. The molecule has 5 nitrogen and oxygen atoms in total. The largest absolute Gasteiger partial charge is 0.457 e. The summed E-state index contributed by atoms with van der Waals surface area (Å²) in [4.78, 5) is 17.8. The van der Waals surface area contributed by atoms with Gasteiger partial charge in [0.15, 0.2) is 5.13 Å². The number of hydrogen-bond acceptors (Lipinski definition) is 5. The Labute approximate surface area is 198 Å². The third-order valence-electron chi connectivity index (χ3n) is 4.80. The van der Waals surface area contributed by atoms with Crippen LogP contribution in [0.3, 0.4) is 0 Å². The van der Waals surface area contributed by atoms with Crippen LogP contribution in [0.1, 0.15) is 21.8 Å². The molecule has 0 saturated carbocycles. The van der Waals surface area contributed by atoms with E-state index >= 15 is 0 Å². The fourth-order valence-corrected chi connectivity index (χ4v) is 4.09. The Hall–Kier alpha value is -3.73. The Balaban J connectivity index is 1.44. The molecule has 0 bridgehead atoms. The number of nitriles is 1. The Kier molecular flexibility index (Phi) is 6.68. The van der Waals surface area contributed by atoms with Crippen molar-refractivity contribution in [3.05, 3.63) is 99.0 Å². The average Bonchev–Trinajstić information content (AvgIpc) is 3.44. The second-order valence-electron chi connectivity index (χ2n) is 7.22. The predicted octanol–water partition coefficient (Wildman–Crippen LogP) is 6.64. The summed E-state index contributed by atoms with van der Waals surface area (Å²) in [6.45, 7) is 1.94. The average molecular weight is 478 g/mol. The molecule has 4 rings (SSSR count). The topological polar surface area (TPSA) is 78.9 Å². The molecule has 0 aliphatic carbocycles. The number of furan rings is 1. The zero-order valence-electron chi connectivity index (χ0n) is 17.4. The van der Waals surface area contributed by atoms with Gasteiger partial charge in [-0.15, -0.1) is 11.3 Å². The van der Waals surface area contributed by atoms with Crippen LogP contribution in [-0.4, -0.2) is 10.9 Å². The van der Waals surface area contributed by atoms with Crippen molar-refractivity contribution in [2.45, 2.75) is 13.3 Å². The molecule has 0 aliphatic rings. The summed E-state index contributed by atoms with van der Waals surface area (Å²) in [5.41, 5.74) is 2.61. The van der Waals surface area contributed by atoms with Crippen LogP contribution in [0, 0.1) is 24.1 Å². The molecule has 8 heteroatoms. The Bertz CT molecular complexity index is 1380. The van der Waals surface area contributed by atoms with Crippen molar-refractivity contribution in [3.8, 4) is 17.4 Å². The summed E-state index contributed by atoms with van der Waals surface area (Å²) in [7, 11) is 0. The summed E-state index contributed by atoms with van der Waals surface area (Å²) in [6, 6.07) is 16.9. The lowest BCUT2D eigenvalue weighted by molar-refractivity contribution is -0.112. The molecule has 0 aliphatic heterocycles. The minimum absolute atomic E-state index is 0.128. The molecule has 2 aromatic heterocycles. The number of nitrogens with zero attached hydrogens (tertiary/aromatic N) is 2. The maximum atomic E-state index is 13.1. The quantitative estimate of drug-likeness (QED) is 0.249. The van der Waals surface area contributed by atoms with Crippen molar-refractivity contribution >= 4 is 40.1 Å². The van der Waals surface area contributed by atoms with E-state index in [4.69, 9.17) is 16.0 Å². The number of carbonyl (C=O) groups excluding carboxylic acids is 1. The lowest BCUT2D eigenvalue weighted by Crippen LogP contribution is -2.13. The zero-order chi connectivity index (χ0) is 23.4. The maximum Gasteiger partial charge on any atom is 0.268 e. The number of nitrogens with one attached hydrogen (secondary N) is 1. The van der Waals surface area contributed by atoms with E-state index in [1.807, 2.05) is 31.2 Å². The van der Waals surface area contributed by atoms with E-state index in [-0.39, 0.29) is 11.4 Å². The summed E-state index contributed by atoms with van der Waals surface area (Å²) in [5.74, 6) is -0.102. The predicted molar refractivity (Wildman–Crippen MR) is 127 cm³/mol. The molecular formula is C25H17ClFN3O2S. The number of anilines is 1. The van der Waals surface area contributed by atoms with E-state index in [9.17, 15) is 14.4 Å². The monoisotopic (exact) mass is 477 g/mol. The van der Waals surface area contributed by atoms with Crippen molar-refractivity contribution in [3.63, 3.8) is 0 Å². The first-order valence-corrected chi connectivity index (χ1v) is 11.1. The minimum atomic E-state index is -0.587. The van der Waals surface area contributed by atoms with Crippen LogP contribution in [0.25, 0.3) is 17.4 Å². The van der Waals surface area contributed by atoms with Gasteiger partial charge in [0.2, 0.25) is 0 Å². The number of thiazole rings is 1. The number of carbonyl (C=O) groups is 1. The molecule has 1 amide bonds. The van der Waals surface area contributed by atoms with Crippen LogP contribution in [0.4, 0.5) is 9.52 Å². The number of benzene rings is 2. The van der Waals surface area contributed by atoms with Gasteiger partial charge in [0, 0.05) is 34.2 Å². The molecule has 2 heterocycles. The molecule has 1 N–H and O–H groups in total. The van der Waals surface area contributed by atoms with E-state index in [1.54, 1.807) is 30.5 Å². The lowest BCUT2D eigenvalue weighted by Gasteiger charge is -2.02. The third-order valence-corrected chi connectivity index (χ3v) is 6.12. The van der Waals surface area contributed by atoms with Gasteiger partial charge in [-0.2, -0.15) is 5.26 Å². The number of hydrogen-bond donors (Lipinski definition) is 1. The van der Waals surface area contributed by atoms with Gasteiger partial charge in [0.25, 0.3) is 5.91 Å². The van der Waals surface area contributed by atoms with E-state index in [0.717, 1.165) is 16.0 Å². The Morgan fingerprint density at radius 2 is 2.03 bits per heavy atom. The fraction of sp³-hybridized carbons (Fsp3) is 0.0800. The molecule has 0 spiro atoms. The molecule has 0 saturated heterocycles. The van der Waals surface area contributed by atoms with E-state index < -0.39 is 5.91 Å². The Morgan fingerprint density at radius 1 is 1.24 bits per heavy atom. The number of aryl methyl sites for hydroxylation is 1. The normalized spacial score (nSPS) is 11.3. The van der Waals surface area contributed by atoms with Crippen molar-refractivity contribution in [1.82, 2.24) is 4.98 Å². The first-order chi connectivity index (χ1) is 15.9. The van der Waals surface area contributed by atoms with Crippen LogP contribution >= 0.6 is 22.9 Å². The molecular weight excluding hydrogens is 461 g/mol. The fourth-order valence-electron chi connectivity index (χ4n) is 3.05. The van der Waals surface area contributed by atoms with Crippen LogP contribution in [0.5, 0.6) is 0 Å². The molecule has 4 aromatic rings. The van der Waals surface area contributed by atoms with Gasteiger partial charge < -0.3 is 4.42 Å². The highest BCUT2D eigenvalue weighted by Crippen LogP contribution is 2.26. The van der Waals surface area contributed by atoms with Gasteiger partial charge in [-0.1, -0.05) is 23.7 Å². The van der Waals surface area contributed by atoms with Crippen LogP contribution < -0.4 is 5.32 Å². The molecule has 0 fully saturated rings. The van der Waals surface area contributed by atoms with Gasteiger partial charge in [0.1, 0.15) is 29.0 Å². The van der Waals surface area contributed by atoms with E-state index in [1.165, 1.54) is 29.5 Å². The van der Waals surface area contributed by atoms with Crippen LogP contribution in [-0.2, 0) is 11.2 Å². The SMILES string of the molecule is Cc1ccc(Cc2cnc(NC(=O)C(C#N)=Cc3ccc(-c4ccc(F)cc4)o3)s2)cc1Cl. The second-order valence-corrected chi connectivity index (χ2v) is 8.75. The molecule has 0 unspecified atom stereocenters. The Morgan fingerprint density at radius 3 is 2.76 bits per heavy atom. The number of rotatable bonds is 6. The van der Waals surface area contributed by atoms with Crippen molar-refractivity contribution in [2.24, 2.45) is 0 Å². The van der Waals surface area contributed by atoms with Crippen LogP contribution in [0.15, 0.2) is 70.8 Å². The standard InChI is InChI=1S/C25H17ClFN3O2S/c1-15-2-3-16(11-22(15)26)10-21-14-29-25(33-21)30-24(31)18(13-28)12-20-8-9-23(32-20)17-4-6-19(27)7-5-17/h2-9,11-12,14H,10H2,1H3,(H,29,30,31). The van der Waals surface area contributed by atoms with Gasteiger partial charge in [-0.25, -0.2) is 9.37 Å². The van der Waals surface area contributed by atoms with Crippen molar-refractivity contribution in [2.75, 3.05) is 5.32 Å². The molecule has 164 valence electrons. The first kappa shape index (κ1) is 22.5. The minimum Gasteiger partial charge on any atom is -0.457 e. The third kappa shape index (κ3) is 5.55. The number of amides is 1. The summed E-state index contributed by atoms with van der Waals surface area (Å²) in [6.07, 6.45) is 3.67. The summed E-state index contributed by atoms with van der Waals surface area (Å²) < 4.78 is 18.8. The highest BCUT2D eigenvalue weighted by atomic mass is 35.5. The number of halogens is 2. The van der Waals surface area contributed by atoms with Crippen molar-refractivity contribution in [1.29, 1.82) is 5.26 Å². The highest BCUT2D eigenvalue weighted by Gasteiger charge is 2.14. The van der Waals surface area contributed by atoms with Crippen LogP contribution in [0.2, 0.25) is 5.02 Å². The zero-order valence-corrected chi connectivity index (χ0v) is 19.0. The first-order valence-electron chi connectivity index (χ1n) is 9.90. The van der Waals surface area contributed by atoms with Gasteiger partial charge >= 0.3 is 0 Å². The highest BCUT2D eigenvalue weighted by molar-refractivity contribution is 7.15. The lowest BCUT2D eigenvalue weighted by atomic mass is 10.1. The van der Waals surface area contributed by atoms with E-state index in [0.29, 0.717) is 33.7 Å². The van der Waals surface area contributed by atoms with Gasteiger partial charge in [0.05, 0.1) is 0 Å². The molecule has 0 atom stereocenters. The summed E-state index contributed by atoms with van der Waals surface area (Å²) >= 11 is 7.51. The van der Waals surface area contributed by atoms with Gasteiger partial charge in [-0.05, 0) is 60.5 Å². The maximum absolute atomic E-state index is 13.1. The van der Waals surface area contributed by atoms with Crippen molar-refractivity contribution < 1.29 is 13.6 Å². The van der Waals surface area contributed by atoms with E-state index in [2.05, 4.69) is 10.3 Å².